The lowest BCUT2D eigenvalue weighted by Crippen LogP contribution is -2.43. The van der Waals surface area contributed by atoms with Gasteiger partial charge in [-0.1, -0.05) is 13.8 Å². The molecule has 22 heavy (non-hydrogen) atoms. The normalized spacial score (nSPS) is 26.7. The largest absolute Gasteiger partial charge is 0.352 e. The maximum Gasteiger partial charge on any atom is 0.250 e. The van der Waals surface area contributed by atoms with Crippen LogP contribution in [0.5, 0.6) is 0 Å². The molecule has 4 nitrogen and oxygen atoms in total. The highest BCUT2D eigenvalue weighted by atomic mass is 35.5. The second-order valence-electron chi connectivity index (χ2n) is 6.85. The molecular weight excluding hydrogens is 312 g/mol. The molecule has 0 amide bonds. The summed E-state index contributed by atoms with van der Waals surface area (Å²) >= 11 is 5.88. The molecule has 7 heteroatoms. The van der Waals surface area contributed by atoms with Crippen molar-refractivity contribution in [2.45, 2.75) is 51.5 Å². The van der Waals surface area contributed by atoms with Gasteiger partial charge in [-0.15, -0.1) is 0 Å². The predicted octanol–water partition coefficient (Wildman–Crippen LogP) is 3.28. The van der Waals surface area contributed by atoms with E-state index in [-0.39, 0.29) is 36.4 Å². The Hall–Kier alpha value is -1.30. The molecule has 1 saturated carbocycles. The van der Waals surface area contributed by atoms with E-state index in [1.807, 2.05) is 18.7 Å². The fraction of sp³-hybridized carbons (Fsp3) is 0.667. The summed E-state index contributed by atoms with van der Waals surface area (Å²) in [7, 11) is 0. The Morgan fingerprint density at radius 2 is 2.14 bits per heavy atom. The van der Waals surface area contributed by atoms with Crippen LogP contribution in [-0.4, -0.2) is 34.3 Å². The maximum atomic E-state index is 13.6. The summed E-state index contributed by atoms with van der Waals surface area (Å²) in [5.74, 6) is -2.06. The molecule has 1 aliphatic carbocycles. The third-order valence-electron chi connectivity index (χ3n) is 4.57. The van der Waals surface area contributed by atoms with Crippen molar-refractivity contribution >= 4 is 23.2 Å². The van der Waals surface area contributed by atoms with Crippen LogP contribution in [-0.2, 0) is 11.2 Å². The number of anilines is 1. The Labute approximate surface area is 132 Å². The zero-order valence-corrected chi connectivity index (χ0v) is 13.3. The number of Topliss-reactive ketones (excluding diaryl/α,β-unsaturated/α-hetero) is 1. The molecular formula is C15H18ClF2N3O. The number of fused-ring (bicyclic) bond motifs is 1. The van der Waals surface area contributed by atoms with Crippen molar-refractivity contribution in [3.05, 3.63) is 17.0 Å². The van der Waals surface area contributed by atoms with E-state index in [0.717, 1.165) is 0 Å². The van der Waals surface area contributed by atoms with Crippen molar-refractivity contribution in [2.24, 2.45) is 5.41 Å². The first kappa shape index (κ1) is 15.6. The van der Waals surface area contributed by atoms with Crippen LogP contribution in [0.25, 0.3) is 0 Å². The first-order valence-corrected chi connectivity index (χ1v) is 7.75. The summed E-state index contributed by atoms with van der Waals surface area (Å²) in [6.45, 7) is 4.06. The zero-order valence-electron chi connectivity index (χ0n) is 12.6. The molecule has 2 heterocycles. The highest BCUT2D eigenvalue weighted by molar-refractivity contribution is 6.28. The fourth-order valence-corrected chi connectivity index (χ4v) is 3.38. The Balaban J connectivity index is 2.03. The standard InChI is InChI=1S/C15H18ClF2N3O/c1-14(2)8-21(10-3-4-15(17,18)6-10)12-9(5-11(14)22)7-19-13(16)20-12/h7,10H,3-6,8H2,1-2H3/t10-/m1/s1. The van der Waals surface area contributed by atoms with Crippen molar-refractivity contribution in [1.29, 1.82) is 0 Å². The van der Waals surface area contributed by atoms with Gasteiger partial charge < -0.3 is 4.90 Å². The van der Waals surface area contributed by atoms with Gasteiger partial charge in [0.25, 0.3) is 0 Å². The minimum atomic E-state index is -2.65. The monoisotopic (exact) mass is 329 g/mol. The Kier molecular flexibility index (Phi) is 3.62. The van der Waals surface area contributed by atoms with Crippen molar-refractivity contribution in [1.82, 2.24) is 9.97 Å². The molecule has 0 N–H and O–H groups in total. The molecule has 1 fully saturated rings. The summed E-state index contributed by atoms with van der Waals surface area (Å²) in [6.07, 6.45) is 1.79. The SMILES string of the molecule is CC1(C)CN([C@@H]2CCC(F)(F)C2)c2nc(Cl)ncc2CC1=O. The molecule has 1 atom stereocenters. The fourth-order valence-electron chi connectivity index (χ4n) is 3.25. The molecule has 0 bridgehead atoms. The Bertz CT molecular complexity index is 621. The first-order chi connectivity index (χ1) is 10.2. The van der Waals surface area contributed by atoms with E-state index in [1.54, 1.807) is 0 Å². The molecule has 1 aliphatic heterocycles. The van der Waals surface area contributed by atoms with Gasteiger partial charge in [0.1, 0.15) is 11.6 Å². The second-order valence-corrected chi connectivity index (χ2v) is 7.19. The summed E-state index contributed by atoms with van der Waals surface area (Å²) in [4.78, 5) is 22.4. The molecule has 2 aliphatic rings. The molecule has 3 rings (SSSR count). The van der Waals surface area contributed by atoms with E-state index >= 15 is 0 Å². The van der Waals surface area contributed by atoms with Gasteiger partial charge in [0.05, 0.1) is 0 Å². The highest BCUT2D eigenvalue weighted by Crippen LogP contribution is 2.41. The molecule has 0 unspecified atom stereocenters. The molecule has 1 aromatic heterocycles. The van der Waals surface area contributed by atoms with Gasteiger partial charge in [0, 0.05) is 49.0 Å². The van der Waals surface area contributed by atoms with Gasteiger partial charge in [0.15, 0.2) is 0 Å². The molecule has 0 aromatic carbocycles. The predicted molar refractivity (Wildman–Crippen MR) is 79.5 cm³/mol. The topological polar surface area (TPSA) is 46.1 Å². The number of alkyl halides is 2. The number of halogens is 3. The second kappa shape index (κ2) is 5.11. The Morgan fingerprint density at radius 3 is 2.77 bits per heavy atom. The number of carbonyl (C=O) groups is 1. The van der Waals surface area contributed by atoms with Crippen LogP contribution in [0.15, 0.2) is 6.20 Å². The van der Waals surface area contributed by atoms with Gasteiger partial charge in [-0.3, -0.25) is 4.79 Å². The number of nitrogens with zero attached hydrogens (tertiary/aromatic N) is 3. The van der Waals surface area contributed by atoms with Crippen molar-refractivity contribution < 1.29 is 13.6 Å². The summed E-state index contributed by atoms with van der Waals surface area (Å²) < 4.78 is 27.2. The lowest BCUT2D eigenvalue weighted by molar-refractivity contribution is -0.125. The van der Waals surface area contributed by atoms with Crippen LogP contribution in [0.3, 0.4) is 0 Å². The van der Waals surface area contributed by atoms with E-state index in [1.165, 1.54) is 6.20 Å². The lowest BCUT2D eigenvalue weighted by Gasteiger charge is -2.34. The summed E-state index contributed by atoms with van der Waals surface area (Å²) in [5.41, 5.74) is 0.0422. The lowest BCUT2D eigenvalue weighted by atomic mass is 9.86. The van der Waals surface area contributed by atoms with Gasteiger partial charge in [-0.05, 0) is 18.0 Å². The smallest absolute Gasteiger partial charge is 0.250 e. The van der Waals surface area contributed by atoms with Crippen molar-refractivity contribution in [3.8, 4) is 0 Å². The van der Waals surface area contributed by atoms with E-state index in [2.05, 4.69) is 9.97 Å². The minimum Gasteiger partial charge on any atom is -0.352 e. The third kappa shape index (κ3) is 2.81. The van der Waals surface area contributed by atoms with E-state index in [0.29, 0.717) is 24.3 Å². The highest BCUT2D eigenvalue weighted by Gasteiger charge is 2.45. The van der Waals surface area contributed by atoms with Crippen LogP contribution in [0.1, 0.15) is 38.7 Å². The quantitative estimate of drug-likeness (QED) is 0.742. The van der Waals surface area contributed by atoms with Crippen LogP contribution in [0.2, 0.25) is 5.28 Å². The maximum absolute atomic E-state index is 13.6. The minimum absolute atomic E-state index is 0.0620. The number of ketones is 1. The number of carbonyl (C=O) groups excluding carboxylic acids is 1. The van der Waals surface area contributed by atoms with Gasteiger partial charge >= 0.3 is 0 Å². The average molecular weight is 330 g/mol. The van der Waals surface area contributed by atoms with Gasteiger partial charge in [0.2, 0.25) is 11.2 Å². The van der Waals surface area contributed by atoms with Crippen LogP contribution in [0, 0.1) is 5.41 Å². The molecule has 0 radical (unpaired) electrons. The van der Waals surface area contributed by atoms with E-state index < -0.39 is 11.3 Å². The van der Waals surface area contributed by atoms with Crippen molar-refractivity contribution in [3.63, 3.8) is 0 Å². The Morgan fingerprint density at radius 1 is 1.41 bits per heavy atom. The number of rotatable bonds is 1. The summed E-state index contributed by atoms with van der Waals surface area (Å²) in [6, 6.07) is -0.329. The average Bonchev–Trinajstić information content (AvgIpc) is 2.73. The summed E-state index contributed by atoms with van der Waals surface area (Å²) in [5, 5.41) is 0.0701. The molecule has 120 valence electrons. The first-order valence-electron chi connectivity index (χ1n) is 7.37. The van der Waals surface area contributed by atoms with Crippen LogP contribution >= 0.6 is 11.6 Å². The van der Waals surface area contributed by atoms with Crippen LogP contribution in [0.4, 0.5) is 14.6 Å². The van der Waals surface area contributed by atoms with Gasteiger partial charge in [-0.2, -0.15) is 0 Å². The molecule has 0 spiro atoms. The van der Waals surface area contributed by atoms with Gasteiger partial charge in [-0.25, -0.2) is 18.7 Å². The number of hydrogen-bond acceptors (Lipinski definition) is 4. The molecule has 0 saturated heterocycles. The van der Waals surface area contributed by atoms with Crippen LogP contribution < -0.4 is 4.90 Å². The zero-order chi connectivity index (χ0) is 16.1. The van der Waals surface area contributed by atoms with E-state index in [4.69, 9.17) is 11.6 Å². The number of hydrogen-bond donors (Lipinski definition) is 0. The van der Waals surface area contributed by atoms with Crippen molar-refractivity contribution in [2.75, 3.05) is 11.4 Å². The molecule has 1 aromatic rings. The van der Waals surface area contributed by atoms with E-state index in [9.17, 15) is 13.6 Å². The number of aromatic nitrogens is 2. The third-order valence-corrected chi connectivity index (χ3v) is 4.76.